The Morgan fingerprint density at radius 1 is 0.604 bits per heavy atom. The molecule has 4 heteroatoms. The summed E-state index contributed by atoms with van der Waals surface area (Å²) in [6, 6.07) is 18.8. The average molecular weight is 661 g/mol. The van der Waals surface area contributed by atoms with Gasteiger partial charge in [-0.3, -0.25) is 0 Å². The van der Waals surface area contributed by atoms with Crippen LogP contribution in [0, 0.1) is 41.5 Å². The molecule has 1 heterocycles. The normalized spacial score (nSPS) is 14.2. The van der Waals surface area contributed by atoms with Gasteiger partial charge in [-0.2, -0.15) is 0 Å². The third-order valence-corrected chi connectivity index (χ3v) is 13.1. The zero-order chi connectivity index (χ0) is 35.7. The lowest BCUT2D eigenvalue weighted by Gasteiger charge is -2.41. The maximum atomic E-state index is 7.34. The van der Waals surface area contributed by atoms with Crippen LogP contribution >= 0.6 is 0 Å². The number of nitrogens with one attached hydrogen (secondary N) is 2. The molecule has 0 saturated heterocycles. The van der Waals surface area contributed by atoms with Crippen molar-refractivity contribution in [2.45, 2.75) is 133 Å². The smallest absolute Gasteiger partial charge is 0.183 e. The van der Waals surface area contributed by atoms with Crippen LogP contribution in [0.3, 0.4) is 0 Å². The molecule has 0 aliphatic carbocycles. The maximum absolute atomic E-state index is 7.34. The Bertz CT molecular complexity index is 1850. The molecule has 4 aromatic carbocycles. The highest BCUT2D eigenvalue weighted by atomic mass is 28.3. The van der Waals surface area contributed by atoms with Crippen LogP contribution in [0.25, 0.3) is 0 Å². The van der Waals surface area contributed by atoms with Crippen molar-refractivity contribution in [2.75, 3.05) is 10.3 Å². The lowest BCUT2D eigenvalue weighted by molar-refractivity contribution is 0.413. The summed E-state index contributed by atoms with van der Waals surface area (Å²) in [6.07, 6.45) is 0. The molecule has 2 N–H and O–H groups in total. The van der Waals surface area contributed by atoms with Gasteiger partial charge in [0.25, 0.3) is 0 Å². The van der Waals surface area contributed by atoms with Crippen molar-refractivity contribution in [2.24, 2.45) is 0 Å². The Morgan fingerprint density at radius 3 is 1.52 bits per heavy atom. The van der Waals surface area contributed by atoms with E-state index in [1.54, 1.807) is 0 Å². The standard InChI is InChI=1S/C44H60N2OSi/c1-26-17-28(3)38(29(4)18-26)45-25-32-21-33(42(7,8)9)22-35-40(32)47-41-36(44(35,13)14)23-34(43(10,11)12)24-37(41)48(15,16)46-39-30(5)19-27(2)20-31(39)6/h17-24,45-46H,25H2,1-16H3. The molecule has 0 fully saturated rings. The fourth-order valence-corrected chi connectivity index (χ4v) is 10.0. The van der Waals surface area contributed by atoms with Crippen molar-refractivity contribution >= 4 is 24.8 Å². The van der Waals surface area contributed by atoms with E-state index in [0.29, 0.717) is 6.54 Å². The Labute approximate surface area is 293 Å². The molecule has 1 aliphatic rings. The summed E-state index contributed by atoms with van der Waals surface area (Å²) >= 11 is 0. The van der Waals surface area contributed by atoms with Gasteiger partial charge in [0.2, 0.25) is 0 Å². The second-order valence-corrected chi connectivity index (χ2v) is 21.8. The van der Waals surface area contributed by atoms with Gasteiger partial charge in [0, 0.05) is 45.2 Å². The van der Waals surface area contributed by atoms with Crippen LogP contribution in [0.4, 0.5) is 11.4 Å². The molecule has 3 nitrogen and oxygen atoms in total. The van der Waals surface area contributed by atoms with E-state index in [4.69, 9.17) is 4.74 Å². The Hall–Kier alpha value is -3.50. The minimum absolute atomic E-state index is 0.00314. The van der Waals surface area contributed by atoms with Gasteiger partial charge >= 0.3 is 0 Å². The number of hydrogen-bond donors (Lipinski definition) is 2. The number of ether oxygens (including phenoxy) is 1. The fraction of sp³-hybridized carbons (Fsp3) is 0.455. The van der Waals surface area contributed by atoms with Gasteiger partial charge in [-0.25, -0.2) is 0 Å². The zero-order valence-electron chi connectivity index (χ0n) is 32.7. The summed E-state index contributed by atoms with van der Waals surface area (Å²) in [6.45, 7) is 37.5. The molecule has 5 rings (SSSR count). The number of fused-ring (bicyclic) bond motifs is 2. The highest BCUT2D eigenvalue weighted by molar-refractivity contribution is 6.93. The predicted molar refractivity (Wildman–Crippen MR) is 212 cm³/mol. The number of aryl methyl sites for hydroxylation is 6. The predicted octanol–water partition coefficient (Wildman–Crippen LogP) is 11.7. The fourth-order valence-electron chi connectivity index (χ4n) is 7.59. The minimum Gasteiger partial charge on any atom is -0.456 e. The average Bonchev–Trinajstić information content (AvgIpc) is 2.93. The molecule has 0 aromatic heterocycles. The lowest BCUT2D eigenvalue weighted by Crippen LogP contribution is -2.52. The molecule has 0 atom stereocenters. The molecule has 1 aliphatic heterocycles. The second kappa shape index (κ2) is 12.1. The van der Waals surface area contributed by atoms with E-state index in [9.17, 15) is 0 Å². The molecule has 0 bridgehead atoms. The van der Waals surface area contributed by atoms with Gasteiger partial charge in [0.1, 0.15) is 11.5 Å². The van der Waals surface area contributed by atoms with Crippen LogP contribution in [0.15, 0.2) is 48.5 Å². The topological polar surface area (TPSA) is 33.3 Å². The summed E-state index contributed by atoms with van der Waals surface area (Å²) < 4.78 is 7.34. The van der Waals surface area contributed by atoms with E-state index in [1.807, 2.05) is 0 Å². The third-order valence-electron chi connectivity index (χ3n) is 10.5. The van der Waals surface area contributed by atoms with Gasteiger partial charge in [-0.15, -0.1) is 0 Å². The molecular weight excluding hydrogens is 601 g/mol. The van der Waals surface area contributed by atoms with E-state index < -0.39 is 8.24 Å². The Balaban J connectivity index is 1.72. The first-order chi connectivity index (χ1) is 22.0. The number of rotatable bonds is 6. The van der Waals surface area contributed by atoms with Crippen LogP contribution in [-0.2, 0) is 22.8 Å². The minimum atomic E-state index is -2.31. The SMILES string of the molecule is Cc1cc(C)c(NCc2cc(C(C)(C)C)cc3c2Oc2c(cc(C(C)(C)C)cc2[Si](C)(C)Nc2c(C)cc(C)cc2C)C3(C)C)c(C)c1. The second-order valence-electron chi connectivity index (χ2n) is 17.8. The highest BCUT2D eigenvalue weighted by Crippen LogP contribution is 2.51. The molecule has 48 heavy (non-hydrogen) atoms. The first-order valence-corrected chi connectivity index (χ1v) is 20.7. The maximum Gasteiger partial charge on any atom is 0.183 e. The van der Waals surface area contributed by atoms with E-state index in [1.165, 1.54) is 77.8 Å². The van der Waals surface area contributed by atoms with Crippen LogP contribution in [0.1, 0.15) is 117 Å². The summed E-state index contributed by atoms with van der Waals surface area (Å²) in [5, 5.41) is 5.17. The molecule has 0 spiro atoms. The Morgan fingerprint density at radius 2 is 1.04 bits per heavy atom. The van der Waals surface area contributed by atoms with E-state index in [2.05, 4.69) is 169 Å². The monoisotopic (exact) mass is 660 g/mol. The van der Waals surface area contributed by atoms with Crippen molar-refractivity contribution < 1.29 is 4.74 Å². The summed E-state index contributed by atoms with van der Waals surface area (Å²) in [7, 11) is -2.31. The molecule has 0 unspecified atom stereocenters. The van der Waals surface area contributed by atoms with Gasteiger partial charge in [0.15, 0.2) is 8.24 Å². The van der Waals surface area contributed by atoms with Crippen molar-refractivity contribution in [3.05, 3.63) is 110 Å². The van der Waals surface area contributed by atoms with Crippen LogP contribution < -0.4 is 20.2 Å². The summed E-state index contributed by atoms with van der Waals surface area (Å²) in [4.78, 5) is 4.13. The molecule has 4 aromatic rings. The van der Waals surface area contributed by atoms with Gasteiger partial charge in [-0.05, 0) is 105 Å². The first kappa shape index (κ1) is 35.8. The van der Waals surface area contributed by atoms with Crippen molar-refractivity contribution in [1.29, 1.82) is 0 Å². The van der Waals surface area contributed by atoms with E-state index in [0.717, 1.165) is 11.5 Å². The molecule has 256 valence electrons. The quantitative estimate of drug-likeness (QED) is 0.202. The van der Waals surface area contributed by atoms with Crippen LogP contribution in [-0.4, -0.2) is 8.24 Å². The van der Waals surface area contributed by atoms with Gasteiger partial charge in [-0.1, -0.05) is 109 Å². The van der Waals surface area contributed by atoms with Crippen molar-refractivity contribution in [3.8, 4) is 11.5 Å². The molecule has 0 saturated carbocycles. The third kappa shape index (κ3) is 6.70. The van der Waals surface area contributed by atoms with E-state index in [-0.39, 0.29) is 16.2 Å². The van der Waals surface area contributed by atoms with Gasteiger partial charge in [0.05, 0.1) is 0 Å². The Kier molecular flexibility index (Phi) is 9.04. The lowest BCUT2D eigenvalue weighted by atomic mass is 9.71. The number of benzene rings is 4. The van der Waals surface area contributed by atoms with E-state index >= 15 is 0 Å². The van der Waals surface area contributed by atoms with Crippen LogP contribution in [0.5, 0.6) is 11.5 Å². The first-order valence-electron chi connectivity index (χ1n) is 17.7. The van der Waals surface area contributed by atoms with Crippen molar-refractivity contribution in [3.63, 3.8) is 0 Å². The van der Waals surface area contributed by atoms with Gasteiger partial charge < -0.3 is 15.0 Å². The molecule has 0 radical (unpaired) electrons. The van der Waals surface area contributed by atoms with Crippen LogP contribution in [0.2, 0.25) is 13.1 Å². The largest absolute Gasteiger partial charge is 0.456 e. The molecular formula is C44H60N2OSi. The highest BCUT2D eigenvalue weighted by Gasteiger charge is 2.42. The summed E-state index contributed by atoms with van der Waals surface area (Å²) in [5.41, 5.74) is 16.4. The summed E-state index contributed by atoms with van der Waals surface area (Å²) in [5.74, 6) is 2.05. The zero-order valence-corrected chi connectivity index (χ0v) is 33.7. The van der Waals surface area contributed by atoms with Crippen molar-refractivity contribution in [1.82, 2.24) is 0 Å². The molecule has 0 amide bonds. The number of anilines is 2. The number of hydrogen-bond acceptors (Lipinski definition) is 3.